The van der Waals surface area contributed by atoms with Gasteiger partial charge in [-0.25, -0.2) is 4.98 Å². The summed E-state index contributed by atoms with van der Waals surface area (Å²) in [6.07, 6.45) is 5.90. The first kappa shape index (κ1) is 12.3. The van der Waals surface area contributed by atoms with Gasteiger partial charge in [-0.05, 0) is 24.7 Å². The molecule has 1 N–H and O–H groups in total. The van der Waals surface area contributed by atoms with Crippen molar-refractivity contribution in [1.29, 1.82) is 0 Å². The number of nitrogens with zero attached hydrogens (tertiary/aromatic N) is 3. The number of aliphatic hydroxyl groups excluding tert-OH is 1. The molecule has 1 aromatic rings. The fourth-order valence-corrected chi connectivity index (χ4v) is 2.39. The molecule has 0 saturated carbocycles. The second kappa shape index (κ2) is 5.45. The molecule has 17 heavy (non-hydrogen) atoms. The zero-order chi connectivity index (χ0) is 12.3. The molecule has 1 aliphatic rings. The van der Waals surface area contributed by atoms with Crippen LogP contribution in [0.3, 0.4) is 0 Å². The number of hydrogen-bond acceptors (Lipinski definition) is 4. The molecule has 2 rings (SSSR count). The van der Waals surface area contributed by atoms with Crippen molar-refractivity contribution in [3.8, 4) is 0 Å². The van der Waals surface area contributed by atoms with Crippen molar-refractivity contribution in [3.05, 3.63) is 18.1 Å². The van der Waals surface area contributed by atoms with Crippen molar-refractivity contribution >= 4 is 5.82 Å². The highest BCUT2D eigenvalue weighted by molar-refractivity contribution is 5.36. The van der Waals surface area contributed by atoms with E-state index in [0.717, 1.165) is 30.7 Å². The molecule has 0 amide bonds. The summed E-state index contributed by atoms with van der Waals surface area (Å²) in [4.78, 5) is 10.8. The van der Waals surface area contributed by atoms with Crippen LogP contribution >= 0.6 is 0 Å². The predicted octanol–water partition coefficient (Wildman–Crippen LogP) is 1.84. The topological polar surface area (TPSA) is 49.2 Å². The second-order valence-electron chi connectivity index (χ2n) is 5.09. The Bertz CT molecular complexity index is 342. The van der Waals surface area contributed by atoms with Crippen LogP contribution in [0.1, 0.15) is 32.4 Å². The Morgan fingerprint density at radius 1 is 1.29 bits per heavy atom. The van der Waals surface area contributed by atoms with Crippen molar-refractivity contribution in [3.63, 3.8) is 0 Å². The van der Waals surface area contributed by atoms with E-state index < -0.39 is 0 Å². The quantitative estimate of drug-likeness (QED) is 0.868. The van der Waals surface area contributed by atoms with Gasteiger partial charge in [0.2, 0.25) is 0 Å². The first-order valence-electron chi connectivity index (χ1n) is 6.37. The third kappa shape index (κ3) is 2.94. The van der Waals surface area contributed by atoms with E-state index in [1.807, 2.05) is 0 Å². The smallest absolute Gasteiger partial charge is 0.147 e. The Morgan fingerprint density at radius 3 is 2.47 bits per heavy atom. The molecule has 1 fully saturated rings. The van der Waals surface area contributed by atoms with E-state index in [9.17, 15) is 0 Å². The Morgan fingerprint density at radius 2 is 2.00 bits per heavy atom. The van der Waals surface area contributed by atoms with Gasteiger partial charge < -0.3 is 10.0 Å². The van der Waals surface area contributed by atoms with E-state index in [1.54, 1.807) is 12.4 Å². The van der Waals surface area contributed by atoms with Crippen LogP contribution in [-0.4, -0.2) is 28.2 Å². The lowest BCUT2D eigenvalue weighted by atomic mass is 9.87. The molecular formula is C13H21N3O. The van der Waals surface area contributed by atoms with Crippen LogP contribution in [0.15, 0.2) is 12.4 Å². The van der Waals surface area contributed by atoms with Gasteiger partial charge in [-0.3, -0.25) is 4.98 Å². The van der Waals surface area contributed by atoms with E-state index in [0.29, 0.717) is 5.69 Å². The largest absolute Gasteiger partial charge is 0.390 e. The van der Waals surface area contributed by atoms with Crippen molar-refractivity contribution in [2.24, 2.45) is 11.8 Å². The van der Waals surface area contributed by atoms with Crippen LogP contribution in [0.4, 0.5) is 5.82 Å². The molecule has 0 atom stereocenters. The van der Waals surface area contributed by atoms with Crippen LogP contribution in [0.2, 0.25) is 0 Å². The highest BCUT2D eigenvalue weighted by Gasteiger charge is 2.22. The molecule has 0 unspecified atom stereocenters. The van der Waals surface area contributed by atoms with Crippen molar-refractivity contribution in [2.75, 3.05) is 18.0 Å². The number of aliphatic hydroxyl groups is 1. The number of rotatable bonds is 3. The first-order chi connectivity index (χ1) is 8.20. The summed E-state index contributed by atoms with van der Waals surface area (Å²) in [5, 5.41) is 8.92. The van der Waals surface area contributed by atoms with E-state index in [2.05, 4.69) is 28.7 Å². The van der Waals surface area contributed by atoms with Gasteiger partial charge in [0.05, 0.1) is 24.7 Å². The van der Waals surface area contributed by atoms with Gasteiger partial charge in [0.1, 0.15) is 5.82 Å². The molecule has 1 aliphatic heterocycles. The molecule has 1 saturated heterocycles. The maximum Gasteiger partial charge on any atom is 0.147 e. The predicted molar refractivity (Wildman–Crippen MR) is 67.7 cm³/mol. The minimum Gasteiger partial charge on any atom is -0.390 e. The van der Waals surface area contributed by atoms with Crippen LogP contribution in [-0.2, 0) is 6.61 Å². The molecule has 0 radical (unpaired) electrons. The maximum atomic E-state index is 8.92. The molecule has 0 spiro atoms. The Labute approximate surface area is 103 Å². The Hall–Kier alpha value is -1.16. The molecule has 2 heterocycles. The Balaban J connectivity index is 1.95. The van der Waals surface area contributed by atoms with Crippen molar-refractivity contribution in [1.82, 2.24) is 9.97 Å². The maximum absolute atomic E-state index is 8.92. The average molecular weight is 235 g/mol. The summed E-state index contributed by atoms with van der Waals surface area (Å²) in [5.74, 6) is 2.56. The number of aromatic nitrogens is 2. The first-order valence-corrected chi connectivity index (χ1v) is 6.37. The lowest BCUT2D eigenvalue weighted by Crippen LogP contribution is -2.35. The summed E-state index contributed by atoms with van der Waals surface area (Å²) in [7, 11) is 0. The molecule has 0 bridgehead atoms. The lowest BCUT2D eigenvalue weighted by Gasteiger charge is -2.34. The summed E-state index contributed by atoms with van der Waals surface area (Å²) >= 11 is 0. The second-order valence-corrected chi connectivity index (χ2v) is 5.09. The monoisotopic (exact) mass is 235 g/mol. The standard InChI is InChI=1S/C13H21N3O/c1-10(2)11-3-5-16(6-4-11)13-8-14-12(9-17)7-15-13/h7-8,10-11,17H,3-6,9H2,1-2H3. The molecule has 94 valence electrons. The van der Waals surface area contributed by atoms with Gasteiger partial charge >= 0.3 is 0 Å². The summed E-state index contributed by atoms with van der Waals surface area (Å²) in [6.45, 7) is 6.70. The molecule has 4 nitrogen and oxygen atoms in total. The van der Waals surface area contributed by atoms with Gasteiger partial charge in [-0.1, -0.05) is 13.8 Å². The number of piperidine rings is 1. The van der Waals surface area contributed by atoms with Crippen molar-refractivity contribution < 1.29 is 5.11 Å². The van der Waals surface area contributed by atoms with E-state index in [-0.39, 0.29) is 6.61 Å². The summed E-state index contributed by atoms with van der Waals surface area (Å²) < 4.78 is 0. The van der Waals surface area contributed by atoms with Crippen LogP contribution in [0.25, 0.3) is 0 Å². The number of anilines is 1. The van der Waals surface area contributed by atoms with Crippen molar-refractivity contribution in [2.45, 2.75) is 33.3 Å². The fourth-order valence-electron chi connectivity index (χ4n) is 2.39. The minimum absolute atomic E-state index is 0.0390. The molecule has 0 aliphatic carbocycles. The van der Waals surface area contributed by atoms with Gasteiger partial charge in [-0.2, -0.15) is 0 Å². The SMILES string of the molecule is CC(C)C1CCN(c2cnc(CO)cn2)CC1. The third-order valence-corrected chi connectivity index (χ3v) is 3.66. The van der Waals surface area contributed by atoms with Gasteiger partial charge in [0.15, 0.2) is 0 Å². The number of hydrogen-bond donors (Lipinski definition) is 1. The van der Waals surface area contributed by atoms with Crippen LogP contribution in [0.5, 0.6) is 0 Å². The zero-order valence-electron chi connectivity index (χ0n) is 10.6. The molecule has 4 heteroatoms. The van der Waals surface area contributed by atoms with Gasteiger partial charge in [-0.15, -0.1) is 0 Å². The zero-order valence-corrected chi connectivity index (χ0v) is 10.6. The summed E-state index contributed by atoms with van der Waals surface area (Å²) in [5.41, 5.74) is 0.630. The Kier molecular flexibility index (Phi) is 3.94. The molecule has 1 aromatic heterocycles. The summed E-state index contributed by atoms with van der Waals surface area (Å²) in [6, 6.07) is 0. The minimum atomic E-state index is -0.0390. The molecular weight excluding hydrogens is 214 g/mol. The highest BCUT2D eigenvalue weighted by Crippen LogP contribution is 2.26. The van der Waals surface area contributed by atoms with E-state index in [1.165, 1.54) is 12.8 Å². The lowest BCUT2D eigenvalue weighted by molar-refractivity contribution is 0.276. The molecule has 0 aromatic carbocycles. The van der Waals surface area contributed by atoms with E-state index >= 15 is 0 Å². The van der Waals surface area contributed by atoms with Crippen LogP contribution < -0.4 is 4.90 Å². The highest BCUT2D eigenvalue weighted by atomic mass is 16.3. The average Bonchev–Trinajstić information content (AvgIpc) is 2.39. The van der Waals surface area contributed by atoms with Gasteiger partial charge in [0, 0.05) is 13.1 Å². The van der Waals surface area contributed by atoms with Crippen LogP contribution in [0, 0.1) is 11.8 Å². The normalized spacial score (nSPS) is 17.8. The van der Waals surface area contributed by atoms with E-state index in [4.69, 9.17) is 5.11 Å². The van der Waals surface area contributed by atoms with Gasteiger partial charge in [0.25, 0.3) is 0 Å². The fraction of sp³-hybridized carbons (Fsp3) is 0.692. The third-order valence-electron chi connectivity index (χ3n) is 3.66.